The van der Waals surface area contributed by atoms with Crippen LogP contribution in [0.25, 0.3) is 0 Å². The Labute approximate surface area is 115 Å². The lowest BCUT2D eigenvalue weighted by Crippen LogP contribution is -2.28. The fraction of sp³-hybridized carbons (Fsp3) is 0.588. The van der Waals surface area contributed by atoms with Gasteiger partial charge in [0.2, 0.25) is 0 Å². The lowest BCUT2D eigenvalue weighted by atomic mass is 9.69. The number of ether oxygens (including phenoxy) is 1. The van der Waals surface area contributed by atoms with Gasteiger partial charge in [0.15, 0.2) is 0 Å². The van der Waals surface area contributed by atoms with E-state index in [0.717, 1.165) is 18.4 Å². The molecule has 2 heteroatoms. The van der Waals surface area contributed by atoms with E-state index in [9.17, 15) is 4.79 Å². The Morgan fingerprint density at radius 1 is 1.16 bits per heavy atom. The summed E-state index contributed by atoms with van der Waals surface area (Å²) < 4.78 is 4.87. The Kier molecular flexibility index (Phi) is 3.58. The molecule has 4 atom stereocenters. The van der Waals surface area contributed by atoms with Gasteiger partial charge in [-0.1, -0.05) is 36.8 Å². The molecule has 3 aliphatic carbocycles. The maximum Gasteiger partial charge on any atom is 0.333 e. The van der Waals surface area contributed by atoms with Crippen molar-refractivity contribution in [2.75, 3.05) is 7.11 Å². The third-order valence-corrected chi connectivity index (χ3v) is 5.03. The maximum atomic E-state index is 11.7. The molecular weight excluding hydrogens is 236 g/mol. The van der Waals surface area contributed by atoms with Gasteiger partial charge >= 0.3 is 5.97 Å². The van der Waals surface area contributed by atoms with E-state index in [0.29, 0.717) is 23.7 Å². The van der Waals surface area contributed by atoms with Crippen molar-refractivity contribution < 1.29 is 9.53 Å². The molecule has 1 saturated carbocycles. The van der Waals surface area contributed by atoms with Crippen molar-refractivity contribution in [2.24, 2.45) is 23.7 Å². The molecule has 19 heavy (non-hydrogen) atoms. The highest BCUT2D eigenvalue weighted by molar-refractivity contribution is 5.88. The minimum Gasteiger partial charge on any atom is -0.466 e. The summed E-state index contributed by atoms with van der Waals surface area (Å²) in [6, 6.07) is 0. The Morgan fingerprint density at radius 3 is 2.79 bits per heavy atom. The number of methoxy groups -OCH3 is 1. The van der Waals surface area contributed by atoms with E-state index in [1.807, 2.05) is 0 Å². The standard InChI is InChI=1S/C17H22O2/c1-19-17(18)14-9-10-16-13(11-14)7-4-6-12-5-2-3-8-15(12)16/h2-3,5,8,11-13,15-16H,4,6-7,9-10H2,1H3. The molecule has 0 radical (unpaired) electrons. The van der Waals surface area contributed by atoms with E-state index in [-0.39, 0.29) is 5.97 Å². The minimum absolute atomic E-state index is 0.127. The summed E-state index contributed by atoms with van der Waals surface area (Å²) in [5.74, 6) is 2.54. The summed E-state index contributed by atoms with van der Waals surface area (Å²) in [4.78, 5) is 11.7. The highest BCUT2D eigenvalue weighted by Crippen LogP contribution is 2.45. The van der Waals surface area contributed by atoms with E-state index < -0.39 is 0 Å². The molecule has 0 saturated heterocycles. The highest BCUT2D eigenvalue weighted by Gasteiger charge is 2.37. The highest BCUT2D eigenvalue weighted by atomic mass is 16.5. The Morgan fingerprint density at radius 2 is 1.95 bits per heavy atom. The Bertz CT molecular complexity index is 444. The van der Waals surface area contributed by atoms with E-state index in [1.165, 1.54) is 26.4 Å². The van der Waals surface area contributed by atoms with Gasteiger partial charge in [-0.3, -0.25) is 0 Å². The summed E-state index contributed by atoms with van der Waals surface area (Å²) >= 11 is 0. The number of rotatable bonds is 1. The molecule has 0 spiro atoms. The third kappa shape index (κ3) is 2.41. The van der Waals surface area contributed by atoms with Gasteiger partial charge in [-0.05, 0) is 49.4 Å². The third-order valence-electron chi connectivity index (χ3n) is 5.03. The number of carbonyl (C=O) groups excluding carboxylic acids is 1. The lowest BCUT2D eigenvalue weighted by molar-refractivity contribution is -0.136. The summed E-state index contributed by atoms with van der Waals surface area (Å²) in [7, 11) is 1.48. The van der Waals surface area contributed by atoms with Crippen LogP contribution in [0.1, 0.15) is 32.1 Å². The molecule has 0 heterocycles. The monoisotopic (exact) mass is 258 g/mol. The molecule has 102 valence electrons. The van der Waals surface area contributed by atoms with Crippen LogP contribution in [0.4, 0.5) is 0 Å². The first-order valence-electron chi connectivity index (χ1n) is 7.43. The van der Waals surface area contributed by atoms with Crippen molar-refractivity contribution >= 4 is 5.97 Å². The van der Waals surface area contributed by atoms with Gasteiger partial charge in [0, 0.05) is 5.57 Å². The fourth-order valence-corrected chi connectivity index (χ4v) is 4.09. The van der Waals surface area contributed by atoms with Crippen molar-refractivity contribution in [3.8, 4) is 0 Å². The van der Waals surface area contributed by atoms with Gasteiger partial charge in [-0.15, -0.1) is 0 Å². The second kappa shape index (κ2) is 5.36. The average molecular weight is 258 g/mol. The SMILES string of the molecule is COC(=O)C1=CC2CCCC3C=CC=CC3C2CC1. The van der Waals surface area contributed by atoms with Crippen molar-refractivity contribution in [1.29, 1.82) is 0 Å². The molecule has 1 fully saturated rings. The molecule has 0 amide bonds. The normalized spacial score (nSPS) is 36.8. The summed E-state index contributed by atoms with van der Waals surface area (Å²) in [5.41, 5.74) is 0.900. The zero-order valence-electron chi connectivity index (χ0n) is 11.5. The van der Waals surface area contributed by atoms with Gasteiger partial charge in [-0.25, -0.2) is 4.79 Å². The van der Waals surface area contributed by atoms with E-state index in [2.05, 4.69) is 30.4 Å². The van der Waals surface area contributed by atoms with E-state index in [1.54, 1.807) is 0 Å². The van der Waals surface area contributed by atoms with Crippen LogP contribution in [-0.4, -0.2) is 13.1 Å². The molecule has 0 aromatic rings. The van der Waals surface area contributed by atoms with Gasteiger partial charge in [-0.2, -0.15) is 0 Å². The van der Waals surface area contributed by atoms with Crippen LogP contribution in [-0.2, 0) is 9.53 Å². The largest absolute Gasteiger partial charge is 0.466 e. The van der Waals surface area contributed by atoms with Crippen molar-refractivity contribution in [3.63, 3.8) is 0 Å². The predicted molar refractivity (Wildman–Crippen MR) is 75.4 cm³/mol. The zero-order valence-corrected chi connectivity index (χ0v) is 11.5. The van der Waals surface area contributed by atoms with Crippen LogP contribution >= 0.6 is 0 Å². The number of allylic oxidation sites excluding steroid dienone is 5. The molecule has 0 bridgehead atoms. The summed E-state index contributed by atoms with van der Waals surface area (Å²) in [6.45, 7) is 0. The number of hydrogen-bond acceptors (Lipinski definition) is 2. The topological polar surface area (TPSA) is 26.3 Å². The summed E-state index contributed by atoms with van der Waals surface area (Å²) in [6.07, 6.45) is 17.2. The molecule has 4 unspecified atom stereocenters. The molecular formula is C17H22O2. The first kappa shape index (κ1) is 12.7. The van der Waals surface area contributed by atoms with Crippen molar-refractivity contribution in [1.82, 2.24) is 0 Å². The number of fused-ring (bicyclic) bond motifs is 3. The molecule has 0 aliphatic heterocycles. The van der Waals surface area contributed by atoms with E-state index >= 15 is 0 Å². The quantitative estimate of drug-likeness (QED) is 0.671. The van der Waals surface area contributed by atoms with Gasteiger partial charge in [0.1, 0.15) is 0 Å². The number of hydrogen-bond donors (Lipinski definition) is 0. The van der Waals surface area contributed by atoms with Crippen LogP contribution in [0.15, 0.2) is 36.0 Å². The molecule has 0 aromatic carbocycles. The maximum absolute atomic E-state index is 11.7. The second-order valence-electron chi connectivity index (χ2n) is 5.99. The Balaban J connectivity index is 1.84. The first-order chi connectivity index (χ1) is 9.29. The fourth-order valence-electron chi connectivity index (χ4n) is 4.09. The predicted octanol–water partition coefficient (Wildman–Crippen LogP) is 3.65. The molecule has 0 aromatic heterocycles. The van der Waals surface area contributed by atoms with Gasteiger partial charge in [0.25, 0.3) is 0 Å². The first-order valence-corrected chi connectivity index (χ1v) is 7.43. The van der Waals surface area contributed by atoms with Crippen LogP contribution in [0, 0.1) is 23.7 Å². The minimum atomic E-state index is -0.127. The Hall–Kier alpha value is -1.31. The lowest BCUT2D eigenvalue weighted by Gasteiger charge is -2.35. The van der Waals surface area contributed by atoms with E-state index in [4.69, 9.17) is 4.74 Å². The van der Waals surface area contributed by atoms with Crippen LogP contribution < -0.4 is 0 Å². The molecule has 3 rings (SSSR count). The van der Waals surface area contributed by atoms with Crippen LogP contribution in [0.2, 0.25) is 0 Å². The molecule has 3 aliphatic rings. The molecule has 2 nitrogen and oxygen atoms in total. The van der Waals surface area contributed by atoms with Gasteiger partial charge < -0.3 is 4.74 Å². The number of carbonyl (C=O) groups is 1. The molecule has 0 N–H and O–H groups in total. The smallest absolute Gasteiger partial charge is 0.333 e. The van der Waals surface area contributed by atoms with Crippen LogP contribution in [0.5, 0.6) is 0 Å². The van der Waals surface area contributed by atoms with Gasteiger partial charge in [0.05, 0.1) is 7.11 Å². The number of esters is 1. The summed E-state index contributed by atoms with van der Waals surface area (Å²) in [5, 5.41) is 0. The second-order valence-corrected chi connectivity index (χ2v) is 5.99. The average Bonchev–Trinajstić information content (AvgIpc) is 2.65. The van der Waals surface area contributed by atoms with Crippen molar-refractivity contribution in [2.45, 2.75) is 32.1 Å². The zero-order chi connectivity index (χ0) is 13.2. The van der Waals surface area contributed by atoms with Crippen LogP contribution in [0.3, 0.4) is 0 Å². The van der Waals surface area contributed by atoms with Crippen molar-refractivity contribution in [3.05, 3.63) is 36.0 Å².